The number of ketones is 1. The first-order chi connectivity index (χ1) is 12.9. The van der Waals surface area contributed by atoms with Crippen LogP contribution in [-0.2, 0) is 24.8 Å². The van der Waals surface area contributed by atoms with E-state index in [1.807, 2.05) is 43.2 Å². The topological polar surface area (TPSA) is 95.4 Å². The number of aliphatic hydroxyl groups excluding tert-OH is 1. The number of imidazole rings is 1. The maximum atomic E-state index is 12.4. The highest BCUT2D eigenvalue weighted by molar-refractivity contribution is 9.10. The lowest BCUT2D eigenvalue weighted by Crippen LogP contribution is -3.00. The zero-order chi connectivity index (χ0) is 20.0. The Bertz CT molecular complexity index is 793. The quantitative estimate of drug-likeness (QED) is 0.165. The number of carbonyl (C=O) groups excluding carboxylic acids is 2. The number of hydrogen-bond acceptors (Lipinski definition) is 4. The molecule has 2 unspecified atom stereocenters. The molecule has 0 spiro atoms. The number of nitrogens with one attached hydrogen (secondary N) is 1. The largest absolute Gasteiger partial charge is 1.00 e. The summed E-state index contributed by atoms with van der Waals surface area (Å²) < 4.78 is 4.59. The van der Waals surface area contributed by atoms with Crippen LogP contribution in [0.5, 0.6) is 0 Å². The van der Waals surface area contributed by atoms with Gasteiger partial charge in [0.2, 0.25) is 18.0 Å². The molecular formula is C19H25Br2N3O4. The van der Waals surface area contributed by atoms with Gasteiger partial charge in [-0.15, -0.1) is 0 Å². The standard InChI is InChI=1S/C19H24BrN3O4.BrH/c1-3-17(19(26)21-27)14(11-24)8-16-9-23(12-22(16)2)10-18(25)13-4-6-15(20)7-5-13;/h4-7,9,12,14,17,24H,3,8,10-11H2,1-2H3,(H-,21,26,27);1H. The first-order valence-electron chi connectivity index (χ1n) is 8.77. The summed E-state index contributed by atoms with van der Waals surface area (Å²) in [4.78, 5) is 24.3. The number of benzene rings is 1. The summed E-state index contributed by atoms with van der Waals surface area (Å²) in [7, 11) is 1.86. The first-order valence-corrected chi connectivity index (χ1v) is 9.56. The van der Waals surface area contributed by atoms with Crippen LogP contribution in [0.1, 0.15) is 29.4 Å². The summed E-state index contributed by atoms with van der Waals surface area (Å²) in [6.45, 7) is 1.87. The number of hydrogen-bond donors (Lipinski definition) is 3. The van der Waals surface area contributed by atoms with E-state index >= 15 is 0 Å². The second-order valence-corrected chi connectivity index (χ2v) is 7.50. The second-order valence-electron chi connectivity index (χ2n) is 6.59. The van der Waals surface area contributed by atoms with E-state index in [2.05, 4.69) is 15.9 Å². The van der Waals surface area contributed by atoms with Gasteiger partial charge in [-0.25, -0.2) is 14.6 Å². The molecule has 0 saturated heterocycles. The van der Waals surface area contributed by atoms with Crippen molar-refractivity contribution in [2.24, 2.45) is 18.9 Å². The fraction of sp³-hybridized carbons (Fsp3) is 0.421. The molecule has 154 valence electrons. The fourth-order valence-corrected chi connectivity index (χ4v) is 3.47. The van der Waals surface area contributed by atoms with Gasteiger partial charge in [0.15, 0.2) is 6.54 Å². The minimum Gasteiger partial charge on any atom is -1.00 e. The van der Waals surface area contributed by atoms with E-state index in [-0.39, 0.29) is 41.8 Å². The van der Waals surface area contributed by atoms with E-state index in [1.165, 1.54) is 0 Å². The van der Waals surface area contributed by atoms with Gasteiger partial charge in [0.05, 0.1) is 7.05 Å². The van der Waals surface area contributed by atoms with Gasteiger partial charge in [-0.2, -0.15) is 0 Å². The van der Waals surface area contributed by atoms with Crippen molar-refractivity contribution in [3.8, 4) is 0 Å². The number of carbonyl (C=O) groups is 2. The number of rotatable bonds is 9. The highest BCUT2D eigenvalue weighted by Gasteiger charge is 2.29. The molecule has 0 aliphatic carbocycles. The molecule has 9 heteroatoms. The van der Waals surface area contributed by atoms with Crippen LogP contribution in [0.3, 0.4) is 0 Å². The van der Waals surface area contributed by atoms with Crippen molar-refractivity contribution in [3.63, 3.8) is 0 Å². The molecule has 0 saturated carbocycles. The predicted molar refractivity (Wildman–Crippen MR) is 102 cm³/mol. The molecule has 0 radical (unpaired) electrons. The van der Waals surface area contributed by atoms with Crippen LogP contribution < -0.4 is 27.0 Å². The number of hydroxylamine groups is 1. The molecule has 0 bridgehead atoms. The van der Waals surface area contributed by atoms with Crippen molar-refractivity contribution in [2.75, 3.05) is 6.61 Å². The molecule has 1 aromatic heterocycles. The van der Waals surface area contributed by atoms with Gasteiger partial charge in [-0.3, -0.25) is 14.8 Å². The van der Waals surface area contributed by atoms with Crippen molar-refractivity contribution in [1.82, 2.24) is 10.0 Å². The van der Waals surface area contributed by atoms with Crippen LogP contribution in [0.4, 0.5) is 0 Å². The Morgan fingerprint density at radius 3 is 2.46 bits per heavy atom. The van der Waals surface area contributed by atoms with Gasteiger partial charge in [0, 0.05) is 34.9 Å². The van der Waals surface area contributed by atoms with Crippen LogP contribution in [0.2, 0.25) is 0 Å². The first kappa shape index (κ1) is 24.5. The molecule has 1 aromatic carbocycles. The van der Waals surface area contributed by atoms with Gasteiger partial charge >= 0.3 is 0 Å². The van der Waals surface area contributed by atoms with Gasteiger partial charge < -0.3 is 22.1 Å². The molecule has 2 rings (SSSR count). The second kappa shape index (κ2) is 11.5. The normalized spacial score (nSPS) is 12.8. The van der Waals surface area contributed by atoms with Crippen LogP contribution >= 0.6 is 15.9 Å². The van der Waals surface area contributed by atoms with Gasteiger partial charge in [-0.05, 0) is 18.6 Å². The maximum Gasteiger partial charge on any atom is 0.246 e. The Balaban J connectivity index is 0.00000392. The minimum atomic E-state index is -0.496. The summed E-state index contributed by atoms with van der Waals surface area (Å²) in [5.41, 5.74) is 3.20. The Hall–Kier alpha value is -1.55. The molecule has 0 fully saturated rings. The van der Waals surface area contributed by atoms with E-state index in [0.29, 0.717) is 18.4 Å². The number of aryl methyl sites for hydroxylation is 1. The minimum absolute atomic E-state index is 0. The average molecular weight is 519 g/mol. The SMILES string of the molecule is CCC(C(=O)NO)C(CO)Cc1c[n+](CC(=O)c2ccc(Br)cc2)cn1C.[Br-]. The number of aliphatic hydroxyl groups is 1. The molecule has 3 N–H and O–H groups in total. The number of Topliss-reactive ketones (excluding diaryl/α,β-unsaturated/α-hetero) is 1. The van der Waals surface area contributed by atoms with E-state index in [0.717, 1.165) is 10.2 Å². The van der Waals surface area contributed by atoms with Crippen molar-refractivity contribution in [2.45, 2.75) is 26.3 Å². The summed E-state index contributed by atoms with van der Waals surface area (Å²) >= 11 is 3.35. The number of nitrogens with zero attached hydrogens (tertiary/aromatic N) is 2. The van der Waals surface area contributed by atoms with Crippen molar-refractivity contribution in [1.29, 1.82) is 0 Å². The molecule has 2 aromatic rings. The molecule has 2 atom stereocenters. The van der Waals surface area contributed by atoms with E-state index in [9.17, 15) is 14.7 Å². The highest BCUT2D eigenvalue weighted by atomic mass is 79.9. The van der Waals surface area contributed by atoms with Crippen molar-refractivity contribution >= 4 is 27.6 Å². The molecule has 1 heterocycles. The molecule has 0 aliphatic rings. The summed E-state index contributed by atoms with van der Waals surface area (Å²) in [5.74, 6) is -1.32. The van der Waals surface area contributed by atoms with Crippen LogP contribution in [0, 0.1) is 11.8 Å². The Morgan fingerprint density at radius 1 is 1.29 bits per heavy atom. The Kier molecular flexibility index (Phi) is 10.0. The van der Waals surface area contributed by atoms with Crippen molar-refractivity contribution in [3.05, 3.63) is 52.5 Å². The third-order valence-corrected chi connectivity index (χ3v) is 5.27. The highest BCUT2D eigenvalue weighted by Crippen LogP contribution is 2.20. The monoisotopic (exact) mass is 517 g/mol. The van der Waals surface area contributed by atoms with E-state index in [4.69, 9.17) is 5.21 Å². The van der Waals surface area contributed by atoms with Gasteiger partial charge in [-0.1, -0.05) is 35.0 Å². The number of aromatic nitrogens is 2. The third kappa shape index (κ3) is 6.23. The molecule has 28 heavy (non-hydrogen) atoms. The summed E-state index contributed by atoms with van der Waals surface area (Å²) in [5, 5.41) is 18.6. The number of halogens is 2. The van der Waals surface area contributed by atoms with Crippen molar-refractivity contribution < 1.29 is 41.5 Å². The predicted octanol–water partition coefficient (Wildman–Crippen LogP) is -1.36. The summed E-state index contributed by atoms with van der Waals surface area (Å²) in [6, 6.07) is 7.21. The van der Waals surface area contributed by atoms with Crippen LogP contribution in [-0.4, -0.2) is 33.2 Å². The molecule has 1 amide bonds. The van der Waals surface area contributed by atoms with Crippen LogP contribution in [0.25, 0.3) is 0 Å². The van der Waals surface area contributed by atoms with Gasteiger partial charge in [0.1, 0.15) is 11.9 Å². The van der Waals surface area contributed by atoms with Crippen LogP contribution in [0.15, 0.2) is 41.3 Å². The Morgan fingerprint density at radius 2 is 1.93 bits per heavy atom. The molecular weight excluding hydrogens is 494 g/mol. The van der Waals surface area contributed by atoms with Gasteiger partial charge in [0.25, 0.3) is 0 Å². The average Bonchev–Trinajstić information content (AvgIpc) is 3.00. The summed E-state index contributed by atoms with van der Waals surface area (Å²) in [6.07, 6.45) is 4.62. The van der Waals surface area contributed by atoms with E-state index < -0.39 is 11.8 Å². The lowest BCUT2D eigenvalue weighted by atomic mass is 9.86. The lowest BCUT2D eigenvalue weighted by molar-refractivity contribution is -0.682. The smallest absolute Gasteiger partial charge is 0.246 e. The third-order valence-electron chi connectivity index (χ3n) is 4.74. The fourth-order valence-electron chi connectivity index (χ4n) is 3.21. The lowest BCUT2D eigenvalue weighted by Gasteiger charge is -2.21. The molecule has 0 aliphatic heterocycles. The zero-order valence-electron chi connectivity index (χ0n) is 15.8. The van der Waals surface area contributed by atoms with E-state index in [1.54, 1.807) is 22.2 Å². The number of amides is 1. The Labute approximate surface area is 183 Å². The maximum absolute atomic E-state index is 12.4. The molecule has 7 nitrogen and oxygen atoms in total. The zero-order valence-corrected chi connectivity index (χ0v) is 19.0.